The van der Waals surface area contributed by atoms with Gasteiger partial charge in [-0.05, 0) is 25.0 Å². The highest BCUT2D eigenvalue weighted by Crippen LogP contribution is 2.29. The van der Waals surface area contributed by atoms with Crippen LogP contribution in [-0.4, -0.2) is 18.9 Å². The fourth-order valence-corrected chi connectivity index (χ4v) is 4.78. The molecule has 0 bridgehead atoms. The average Bonchev–Trinajstić information content (AvgIpc) is 2.91. The molecule has 0 aromatic heterocycles. The van der Waals surface area contributed by atoms with Crippen molar-refractivity contribution >= 4 is 17.2 Å². The Hall–Kier alpha value is -2.29. The van der Waals surface area contributed by atoms with Gasteiger partial charge in [-0.3, -0.25) is 4.79 Å². The zero-order valence-corrected chi connectivity index (χ0v) is 23.3. The Morgan fingerprint density at radius 3 is 1.61 bits per heavy atom. The number of hydrogen-bond donors (Lipinski definition) is 2. The number of anilines is 2. The number of para-hydroxylation sites is 1. The summed E-state index contributed by atoms with van der Waals surface area (Å²) >= 11 is 0. The third-order valence-corrected chi connectivity index (χ3v) is 7.02. The Morgan fingerprint density at radius 2 is 1.06 bits per heavy atom. The molecular weight excluding hydrogens is 440 g/mol. The van der Waals surface area contributed by atoms with E-state index in [1.54, 1.807) is 0 Å². The second-order valence-electron chi connectivity index (χ2n) is 10.2. The van der Waals surface area contributed by atoms with Gasteiger partial charge in [-0.15, -0.1) is 0 Å². The summed E-state index contributed by atoms with van der Waals surface area (Å²) in [6.45, 7) is 6.39. The smallest absolute Gasteiger partial charge is 0.195 e. The monoisotopic (exact) mass is 492 g/mol. The Labute approximate surface area is 221 Å². The molecule has 200 valence electrons. The van der Waals surface area contributed by atoms with Gasteiger partial charge in [0.2, 0.25) is 0 Å². The van der Waals surface area contributed by atoms with Crippen LogP contribution in [0.5, 0.6) is 0 Å². The van der Waals surface area contributed by atoms with Crippen LogP contribution < -0.4 is 10.6 Å². The molecule has 0 aliphatic carbocycles. The van der Waals surface area contributed by atoms with Gasteiger partial charge < -0.3 is 10.6 Å². The summed E-state index contributed by atoms with van der Waals surface area (Å²) in [6, 6.07) is 15.7. The van der Waals surface area contributed by atoms with E-state index < -0.39 is 0 Å². The zero-order valence-electron chi connectivity index (χ0n) is 23.3. The van der Waals surface area contributed by atoms with Crippen molar-refractivity contribution in [3.05, 3.63) is 59.7 Å². The van der Waals surface area contributed by atoms with Crippen LogP contribution in [0.2, 0.25) is 0 Å². The maximum absolute atomic E-state index is 13.3. The van der Waals surface area contributed by atoms with Gasteiger partial charge in [-0.25, -0.2) is 0 Å². The molecule has 0 saturated carbocycles. The van der Waals surface area contributed by atoms with E-state index in [0.717, 1.165) is 42.0 Å². The minimum absolute atomic E-state index is 0.0877. The molecular formula is C33H52N2O. The van der Waals surface area contributed by atoms with Crippen molar-refractivity contribution < 1.29 is 4.79 Å². The minimum Gasteiger partial charge on any atom is -0.383 e. The lowest BCUT2D eigenvalue weighted by Gasteiger charge is -2.18. The van der Waals surface area contributed by atoms with E-state index in [4.69, 9.17) is 0 Å². The second kappa shape index (κ2) is 19.8. The van der Waals surface area contributed by atoms with Gasteiger partial charge >= 0.3 is 0 Å². The normalized spacial score (nSPS) is 10.9. The first-order chi connectivity index (χ1) is 17.8. The van der Waals surface area contributed by atoms with E-state index in [1.807, 2.05) is 42.5 Å². The van der Waals surface area contributed by atoms with Crippen molar-refractivity contribution in [3.63, 3.8) is 0 Å². The minimum atomic E-state index is 0.0877. The van der Waals surface area contributed by atoms with E-state index in [1.165, 1.54) is 96.3 Å². The standard InChI is InChI=1S/C33H52N2O/c1-3-5-7-9-11-13-15-20-27-34-31-26-22-25-30(33(36)29-23-18-17-19-24-29)32(31)35-28-21-16-14-12-10-8-6-4-2/h17-19,22-26,34-35H,3-16,20-21,27-28H2,1-2H3. The van der Waals surface area contributed by atoms with E-state index in [-0.39, 0.29) is 5.78 Å². The third kappa shape index (κ3) is 12.1. The summed E-state index contributed by atoms with van der Waals surface area (Å²) in [5.74, 6) is 0.0877. The largest absolute Gasteiger partial charge is 0.383 e. The molecule has 3 nitrogen and oxygen atoms in total. The molecule has 0 aliphatic rings. The van der Waals surface area contributed by atoms with Gasteiger partial charge in [0.05, 0.1) is 11.4 Å². The molecule has 0 unspecified atom stereocenters. The van der Waals surface area contributed by atoms with Crippen LogP contribution in [0.4, 0.5) is 11.4 Å². The maximum Gasteiger partial charge on any atom is 0.195 e. The highest BCUT2D eigenvalue weighted by molar-refractivity contribution is 6.13. The van der Waals surface area contributed by atoms with Gasteiger partial charge in [0.15, 0.2) is 5.78 Å². The van der Waals surface area contributed by atoms with E-state index in [0.29, 0.717) is 0 Å². The van der Waals surface area contributed by atoms with E-state index >= 15 is 0 Å². The first-order valence-corrected chi connectivity index (χ1v) is 15.0. The summed E-state index contributed by atoms with van der Waals surface area (Å²) in [6.07, 6.45) is 21.0. The summed E-state index contributed by atoms with van der Waals surface area (Å²) in [5, 5.41) is 7.28. The quantitative estimate of drug-likeness (QED) is 0.127. The lowest BCUT2D eigenvalue weighted by atomic mass is 10.00. The van der Waals surface area contributed by atoms with Gasteiger partial charge in [-0.1, -0.05) is 140 Å². The number of nitrogens with one attached hydrogen (secondary N) is 2. The van der Waals surface area contributed by atoms with Crippen LogP contribution in [0.15, 0.2) is 48.5 Å². The van der Waals surface area contributed by atoms with Crippen molar-refractivity contribution in [1.29, 1.82) is 0 Å². The lowest BCUT2D eigenvalue weighted by Crippen LogP contribution is -2.13. The number of unbranched alkanes of at least 4 members (excludes halogenated alkanes) is 14. The van der Waals surface area contributed by atoms with Crippen LogP contribution >= 0.6 is 0 Å². The number of carbonyl (C=O) groups excluding carboxylic acids is 1. The van der Waals surface area contributed by atoms with Crippen molar-refractivity contribution in [2.45, 2.75) is 117 Å². The highest BCUT2D eigenvalue weighted by Gasteiger charge is 2.16. The lowest BCUT2D eigenvalue weighted by molar-refractivity contribution is 0.103. The first kappa shape index (κ1) is 29.9. The molecule has 0 spiro atoms. The number of benzene rings is 2. The molecule has 2 N–H and O–H groups in total. The fraction of sp³-hybridized carbons (Fsp3) is 0.606. The average molecular weight is 493 g/mol. The Balaban J connectivity index is 1.89. The first-order valence-electron chi connectivity index (χ1n) is 15.0. The molecule has 0 aliphatic heterocycles. The molecule has 36 heavy (non-hydrogen) atoms. The van der Waals surface area contributed by atoms with Crippen LogP contribution in [-0.2, 0) is 0 Å². The van der Waals surface area contributed by atoms with Crippen molar-refractivity contribution in [2.75, 3.05) is 23.7 Å². The van der Waals surface area contributed by atoms with Gasteiger partial charge in [-0.2, -0.15) is 0 Å². The van der Waals surface area contributed by atoms with Gasteiger partial charge in [0, 0.05) is 24.2 Å². The molecule has 0 amide bonds. The Bertz CT molecular complexity index is 818. The van der Waals surface area contributed by atoms with Crippen LogP contribution in [0.3, 0.4) is 0 Å². The number of rotatable bonds is 22. The molecule has 3 heteroatoms. The zero-order chi connectivity index (χ0) is 25.7. The van der Waals surface area contributed by atoms with Gasteiger partial charge in [0.1, 0.15) is 0 Å². The number of ketones is 1. The van der Waals surface area contributed by atoms with Gasteiger partial charge in [0.25, 0.3) is 0 Å². The predicted molar refractivity (Wildman–Crippen MR) is 159 cm³/mol. The van der Waals surface area contributed by atoms with E-state index in [9.17, 15) is 4.79 Å². The number of carbonyl (C=O) groups is 1. The molecule has 0 fully saturated rings. The SMILES string of the molecule is CCCCCCCCCCNc1cccc(C(=O)c2ccccc2)c1NCCCCCCCCCC. The van der Waals surface area contributed by atoms with Crippen molar-refractivity contribution in [1.82, 2.24) is 0 Å². The second-order valence-corrected chi connectivity index (χ2v) is 10.2. The molecule has 2 aromatic carbocycles. The molecule has 2 rings (SSSR count). The molecule has 0 radical (unpaired) electrons. The Morgan fingerprint density at radius 1 is 0.556 bits per heavy atom. The molecule has 0 saturated heterocycles. The summed E-state index contributed by atoms with van der Waals surface area (Å²) in [7, 11) is 0. The predicted octanol–water partition coefficient (Wildman–Crippen LogP) is 10.0. The topological polar surface area (TPSA) is 41.1 Å². The molecule has 0 atom stereocenters. The number of hydrogen-bond acceptors (Lipinski definition) is 3. The van der Waals surface area contributed by atoms with Crippen LogP contribution in [0.25, 0.3) is 0 Å². The van der Waals surface area contributed by atoms with Crippen molar-refractivity contribution in [2.24, 2.45) is 0 Å². The van der Waals surface area contributed by atoms with Crippen molar-refractivity contribution in [3.8, 4) is 0 Å². The molecule has 2 aromatic rings. The highest BCUT2D eigenvalue weighted by atomic mass is 16.1. The summed E-state index contributed by atoms with van der Waals surface area (Å²) in [4.78, 5) is 13.3. The molecule has 0 heterocycles. The van der Waals surface area contributed by atoms with E-state index in [2.05, 4.69) is 30.5 Å². The Kier molecular flexibility index (Phi) is 16.5. The third-order valence-electron chi connectivity index (χ3n) is 7.02. The van der Waals surface area contributed by atoms with Crippen LogP contribution in [0, 0.1) is 0 Å². The van der Waals surface area contributed by atoms with Crippen LogP contribution in [0.1, 0.15) is 133 Å². The summed E-state index contributed by atoms with van der Waals surface area (Å²) < 4.78 is 0. The summed E-state index contributed by atoms with van der Waals surface area (Å²) in [5.41, 5.74) is 3.53. The maximum atomic E-state index is 13.3. The fourth-order valence-electron chi connectivity index (χ4n) is 4.78.